The first-order chi connectivity index (χ1) is 11.6. The van der Waals surface area contributed by atoms with Crippen LogP contribution >= 0.6 is 35.6 Å². The molecule has 0 saturated heterocycles. The Morgan fingerprint density at radius 3 is 2.67 bits per heavy atom. The van der Waals surface area contributed by atoms with Gasteiger partial charge in [-0.2, -0.15) is 11.8 Å². The molecule has 0 saturated carbocycles. The number of ether oxygens (including phenoxy) is 1. The van der Waals surface area contributed by atoms with Crippen LogP contribution in [0.1, 0.15) is 5.56 Å². The van der Waals surface area contributed by atoms with Crippen LogP contribution in [0.5, 0.6) is 5.75 Å². The number of nitrogens with one attached hydrogen (secondary N) is 2. The Morgan fingerprint density at radius 2 is 2.00 bits per heavy atom. The standard InChI is InChI=1S/C17H18ClFN2OS2/c1-22-13-7-5-12(6-8-13)21-17(23)20-9-10-24-11-14-15(18)3-2-4-16(14)19/h2-8H,9-11H2,1H3,(H2,20,21,23). The van der Waals surface area contributed by atoms with Crippen molar-refractivity contribution in [2.75, 3.05) is 24.7 Å². The van der Waals surface area contributed by atoms with Crippen LogP contribution in [0.25, 0.3) is 0 Å². The Labute approximate surface area is 155 Å². The molecule has 0 aliphatic heterocycles. The molecule has 0 heterocycles. The van der Waals surface area contributed by atoms with Gasteiger partial charge in [-0.1, -0.05) is 17.7 Å². The first-order valence-corrected chi connectivity index (χ1v) is 9.24. The Kier molecular flexibility index (Phi) is 7.62. The molecule has 2 N–H and O–H groups in total. The number of thiocarbonyl (C=S) groups is 1. The third kappa shape index (κ3) is 5.85. The smallest absolute Gasteiger partial charge is 0.170 e. The fraction of sp³-hybridized carbons (Fsp3) is 0.235. The molecular formula is C17H18ClFN2OS2. The van der Waals surface area contributed by atoms with Crippen LogP contribution in [0.15, 0.2) is 42.5 Å². The Balaban J connectivity index is 1.67. The molecule has 3 nitrogen and oxygen atoms in total. The number of rotatable bonds is 7. The fourth-order valence-corrected chi connectivity index (χ4v) is 3.35. The molecule has 0 fully saturated rings. The number of halogens is 2. The van der Waals surface area contributed by atoms with E-state index in [2.05, 4.69) is 10.6 Å². The van der Waals surface area contributed by atoms with E-state index >= 15 is 0 Å². The quantitative estimate of drug-likeness (QED) is 0.533. The summed E-state index contributed by atoms with van der Waals surface area (Å²) in [5.74, 6) is 1.85. The van der Waals surface area contributed by atoms with Crippen molar-refractivity contribution in [3.05, 3.63) is 58.9 Å². The molecule has 0 bridgehead atoms. The summed E-state index contributed by atoms with van der Waals surface area (Å²) >= 11 is 12.8. The highest BCUT2D eigenvalue weighted by Crippen LogP contribution is 2.23. The zero-order valence-corrected chi connectivity index (χ0v) is 15.5. The summed E-state index contributed by atoms with van der Waals surface area (Å²) < 4.78 is 18.7. The third-order valence-electron chi connectivity index (χ3n) is 3.19. The van der Waals surface area contributed by atoms with Crippen molar-refractivity contribution in [1.82, 2.24) is 5.32 Å². The molecular weight excluding hydrogens is 367 g/mol. The molecule has 2 aromatic carbocycles. The van der Waals surface area contributed by atoms with Crippen LogP contribution in [0.4, 0.5) is 10.1 Å². The lowest BCUT2D eigenvalue weighted by Gasteiger charge is -2.11. The molecule has 2 aromatic rings. The van der Waals surface area contributed by atoms with Gasteiger partial charge in [-0.05, 0) is 48.6 Å². The highest BCUT2D eigenvalue weighted by molar-refractivity contribution is 7.98. The van der Waals surface area contributed by atoms with E-state index in [0.717, 1.165) is 17.2 Å². The molecule has 0 radical (unpaired) electrons. The molecule has 0 aliphatic carbocycles. The van der Waals surface area contributed by atoms with Crippen molar-refractivity contribution < 1.29 is 9.13 Å². The Hall–Kier alpha value is -1.50. The van der Waals surface area contributed by atoms with E-state index in [9.17, 15) is 4.39 Å². The molecule has 0 atom stereocenters. The topological polar surface area (TPSA) is 33.3 Å². The molecule has 7 heteroatoms. The Morgan fingerprint density at radius 1 is 1.25 bits per heavy atom. The van der Waals surface area contributed by atoms with Crippen LogP contribution in [-0.4, -0.2) is 24.5 Å². The summed E-state index contributed by atoms with van der Waals surface area (Å²) in [6.07, 6.45) is 0. The molecule has 0 amide bonds. The lowest BCUT2D eigenvalue weighted by molar-refractivity contribution is 0.415. The molecule has 128 valence electrons. The van der Waals surface area contributed by atoms with Gasteiger partial charge >= 0.3 is 0 Å². The van der Waals surface area contributed by atoms with Crippen LogP contribution in [-0.2, 0) is 5.75 Å². The summed E-state index contributed by atoms with van der Waals surface area (Å²) in [6.45, 7) is 0.679. The van der Waals surface area contributed by atoms with Gasteiger partial charge < -0.3 is 15.4 Å². The fourth-order valence-electron chi connectivity index (χ4n) is 1.93. The average Bonchev–Trinajstić information content (AvgIpc) is 2.57. The van der Waals surface area contributed by atoms with E-state index in [-0.39, 0.29) is 5.82 Å². The molecule has 2 rings (SSSR count). The number of methoxy groups -OCH3 is 1. The summed E-state index contributed by atoms with van der Waals surface area (Å²) in [5.41, 5.74) is 1.43. The second-order valence-electron chi connectivity index (χ2n) is 4.86. The SMILES string of the molecule is COc1ccc(NC(=S)NCCSCc2c(F)cccc2Cl)cc1. The van der Waals surface area contributed by atoms with Gasteiger partial charge in [0.25, 0.3) is 0 Å². The minimum absolute atomic E-state index is 0.264. The van der Waals surface area contributed by atoms with Gasteiger partial charge in [0.05, 0.1) is 7.11 Å². The first kappa shape index (κ1) is 18.8. The van der Waals surface area contributed by atoms with Gasteiger partial charge in [-0.3, -0.25) is 0 Å². The minimum Gasteiger partial charge on any atom is -0.497 e. The van der Waals surface area contributed by atoms with Crippen LogP contribution in [0.2, 0.25) is 5.02 Å². The van der Waals surface area contributed by atoms with Crippen molar-refractivity contribution >= 4 is 46.4 Å². The molecule has 0 unspecified atom stereocenters. The monoisotopic (exact) mass is 384 g/mol. The minimum atomic E-state index is -0.264. The second-order valence-corrected chi connectivity index (χ2v) is 6.78. The second kappa shape index (κ2) is 9.71. The third-order valence-corrected chi connectivity index (χ3v) is 4.77. The Bertz CT molecular complexity index is 663. The van der Waals surface area contributed by atoms with Crippen molar-refractivity contribution in [3.8, 4) is 5.75 Å². The highest BCUT2D eigenvalue weighted by atomic mass is 35.5. The van der Waals surface area contributed by atoms with E-state index in [1.165, 1.54) is 6.07 Å². The summed E-state index contributed by atoms with van der Waals surface area (Å²) in [4.78, 5) is 0. The van der Waals surface area contributed by atoms with Gasteiger partial charge in [-0.15, -0.1) is 0 Å². The maximum Gasteiger partial charge on any atom is 0.170 e. The number of hydrogen-bond acceptors (Lipinski definition) is 3. The van der Waals surface area contributed by atoms with Crippen LogP contribution < -0.4 is 15.4 Å². The lowest BCUT2D eigenvalue weighted by Crippen LogP contribution is -2.30. The normalized spacial score (nSPS) is 10.3. The van der Waals surface area contributed by atoms with E-state index in [1.54, 1.807) is 31.0 Å². The lowest BCUT2D eigenvalue weighted by atomic mass is 10.2. The predicted octanol–water partition coefficient (Wildman–Crippen LogP) is 4.71. The largest absolute Gasteiger partial charge is 0.497 e. The van der Waals surface area contributed by atoms with E-state index in [0.29, 0.717) is 28.0 Å². The van der Waals surface area contributed by atoms with Crippen LogP contribution in [0, 0.1) is 5.82 Å². The van der Waals surface area contributed by atoms with Gasteiger partial charge in [0.2, 0.25) is 0 Å². The highest BCUT2D eigenvalue weighted by Gasteiger charge is 2.06. The average molecular weight is 385 g/mol. The maximum atomic E-state index is 13.6. The van der Waals surface area contributed by atoms with Crippen molar-refractivity contribution in [2.45, 2.75) is 5.75 Å². The van der Waals surface area contributed by atoms with Crippen molar-refractivity contribution in [1.29, 1.82) is 0 Å². The number of anilines is 1. The van der Waals surface area contributed by atoms with Gasteiger partial charge in [0.1, 0.15) is 11.6 Å². The van der Waals surface area contributed by atoms with Crippen LogP contribution in [0.3, 0.4) is 0 Å². The number of benzene rings is 2. The van der Waals surface area contributed by atoms with Gasteiger partial charge in [0, 0.05) is 34.3 Å². The summed E-state index contributed by atoms with van der Waals surface area (Å²) in [7, 11) is 1.63. The maximum absolute atomic E-state index is 13.6. The van der Waals surface area contributed by atoms with Crippen molar-refractivity contribution in [3.63, 3.8) is 0 Å². The number of hydrogen-bond donors (Lipinski definition) is 2. The number of thioether (sulfide) groups is 1. The molecule has 0 aliphatic rings. The molecule has 0 aromatic heterocycles. The summed E-state index contributed by atoms with van der Waals surface area (Å²) in [5, 5.41) is 7.22. The molecule has 0 spiro atoms. The summed E-state index contributed by atoms with van der Waals surface area (Å²) in [6, 6.07) is 12.2. The van der Waals surface area contributed by atoms with E-state index in [1.807, 2.05) is 24.3 Å². The van der Waals surface area contributed by atoms with Crippen molar-refractivity contribution in [2.24, 2.45) is 0 Å². The van der Waals surface area contributed by atoms with Gasteiger partial charge in [-0.25, -0.2) is 4.39 Å². The predicted molar refractivity (Wildman–Crippen MR) is 105 cm³/mol. The first-order valence-electron chi connectivity index (χ1n) is 7.29. The molecule has 24 heavy (non-hydrogen) atoms. The van der Waals surface area contributed by atoms with E-state index < -0.39 is 0 Å². The van der Waals surface area contributed by atoms with E-state index in [4.69, 9.17) is 28.6 Å². The zero-order valence-electron chi connectivity index (χ0n) is 13.1. The van der Waals surface area contributed by atoms with Gasteiger partial charge in [0.15, 0.2) is 5.11 Å². The zero-order chi connectivity index (χ0) is 17.4.